The standard InChI is InChI=1S/C9H10BrF2NO/c1-4(13)9(14)6-2-5(11)3-7(10)8(6)12/h2-4,9,14H,13H2,1H3. The van der Waals surface area contributed by atoms with Crippen molar-refractivity contribution in [3.63, 3.8) is 0 Å². The number of hydrogen-bond donors (Lipinski definition) is 2. The van der Waals surface area contributed by atoms with Crippen LogP contribution in [-0.4, -0.2) is 11.1 Å². The van der Waals surface area contributed by atoms with Gasteiger partial charge in [0.1, 0.15) is 11.6 Å². The van der Waals surface area contributed by atoms with E-state index in [2.05, 4.69) is 15.9 Å². The Labute approximate surface area is 88.9 Å². The van der Waals surface area contributed by atoms with Crippen molar-refractivity contribution in [3.05, 3.63) is 33.8 Å². The molecule has 0 aliphatic carbocycles. The van der Waals surface area contributed by atoms with Crippen molar-refractivity contribution in [2.24, 2.45) is 5.73 Å². The van der Waals surface area contributed by atoms with Crippen LogP contribution in [-0.2, 0) is 0 Å². The second kappa shape index (κ2) is 4.33. The van der Waals surface area contributed by atoms with Crippen molar-refractivity contribution in [3.8, 4) is 0 Å². The molecule has 14 heavy (non-hydrogen) atoms. The van der Waals surface area contributed by atoms with Gasteiger partial charge >= 0.3 is 0 Å². The van der Waals surface area contributed by atoms with Crippen LogP contribution in [0.4, 0.5) is 8.78 Å². The van der Waals surface area contributed by atoms with Crippen LogP contribution in [0.25, 0.3) is 0 Å². The lowest BCUT2D eigenvalue weighted by Gasteiger charge is -2.16. The Kier molecular flexibility index (Phi) is 3.58. The number of benzene rings is 1. The van der Waals surface area contributed by atoms with E-state index in [1.165, 1.54) is 6.92 Å². The monoisotopic (exact) mass is 265 g/mol. The second-order valence-corrected chi connectivity index (χ2v) is 3.95. The smallest absolute Gasteiger partial charge is 0.143 e. The number of aliphatic hydroxyl groups is 1. The highest BCUT2D eigenvalue weighted by Crippen LogP contribution is 2.26. The minimum Gasteiger partial charge on any atom is -0.387 e. The van der Waals surface area contributed by atoms with Crippen LogP contribution in [0, 0.1) is 11.6 Å². The second-order valence-electron chi connectivity index (χ2n) is 3.09. The molecule has 0 aromatic heterocycles. The number of nitrogens with two attached hydrogens (primary N) is 1. The van der Waals surface area contributed by atoms with Gasteiger partial charge in [0.05, 0.1) is 10.6 Å². The van der Waals surface area contributed by atoms with Crippen LogP contribution in [0.5, 0.6) is 0 Å². The molecule has 2 atom stereocenters. The topological polar surface area (TPSA) is 46.2 Å². The van der Waals surface area contributed by atoms with Gasteiger partial charge in [-0.15, -0.1) is 0 Å². The Balaban J connectivity index is 3.20. The lowest BCUT2D eigenvalue weighted by Crippen LogP contribution is -2.25. The highest BCUT2D eigenvalue weighted by atomic mass is 79.9. The van der Waals surface area contributed by atoms with Crippen LogP contribution in [0.1, 0.15) is 18.6 Å². The first-order valence-electron chi connectivity index (χ1n) is 4.01. The summed E-state index contributed by atoms with van der Waals surface area (Å²) in [6.07, 6.45) is -1.21. The quantitative estimate of drug-likeness (QED) is 0.805. The summed E-state index contributed by atoms with van der Waals surface area (Å²) < 4.78 is 26.2. The molecular formula is C9H10BrF2NO. The summed E-state index contributed by atoms with van der Waals surface area (Å²) in [6, 6.07) is 1.28. The van der Waals surface area contributed by atoms with Gasteiger partial charge in [0.25, 0.3) is 0 Å². The maximum atomic E-state index is 13.4. The molecule has 0 aliphatic rings. The molecular weight excluding hydrogens is 256 g/mol. The average molecular weight is 266 g/mol. The van der Waals surface area contributed by atoms with Crippen LogP contribution in [0.15, 0.2) is 16.6 Å². The first-order valence-corrected chi connectivity index (χ1v) is 4.81. The molecule has 1 rings (SSSR count). The molecule has 2 nitrogen and oxygen atoms in total. The molecule has 0 aliphatic heterocycles. The zero-order valence-corrected chi connectivity index (χ0v) is 9.05. The first kappa shape index (κ1) is 11.6. The van der Waals surface area contributed by atoms with Crippen LogP contribution < -0.4 is 5.73 Å². The van der Waals surface area contributed by atoms with E-state index in [1.807, 2.05) is 0 Å². The molecule has 0 saturated heterocycles. The molecule has 0 radical (unpaired) electrons. The largest absolute Gasteiger partial charge is 0.387 e. The minimum absolute atomic E-state index is 0.0211. The number of aliphatic hydroxyl groups excluding tert-OH is 1. The van der Waals surface area contributed by atoms with Crippen molar-refractivity contribution < 1.29 is 13.9 Å². The number of rotatable bonds is 2. The Morgan fingerprint density at radius 2 is 2.00 bits per heavy atom. The van der Waals surface area contributed by atoms with Gasteiger partial charge in [-0.05, 0) is 35.0 Å². The third-order valence-corrected chi connectivity index (χ3v) is 2.41. The van der Waals surface area contributed by atoms with Gasteiger partial charge in [0.2, 0.25) is 0 Å². The van der Waals surface area contributed by atoms with Gasteiger partial charge in [-0.25, -0.2) is 8.78 Å². The van der Waals surface area contributed by atoms with Gasteiger partial charge in [0.15, 0.2) is 0 Å². The molecule has 0 amide bonds. The van der Waals surface area contributed by atoms with Crippen molar-refractivity contribution >= 4 is 15.9 Å². The summed E-state index contributed by atoms with van der Waals surface area (Å²) in [6.45, 7) is 1.52. The van der Waals surface area contributed by atoms with E-state index in [1.54, 1.807) is 0 Å². The molecule has 2 unspecified atom stereocenters. The lowest BCUT2D eigenvalue weighted by molar-refractivity contribution is 0.148. The molecule has 3 N–H and O–H groups in total. The third kappa shape index (κ3) is 2.29. The lowest BCUT2D eigenvalue weighted by atomic mass is 10.0. The molecule has 0 spiro atoms. The molecule has 0 bridgehead atoms. The predicted molar refractivity (Wildman–Crippen MR) is 52.7 cm³/mol. The molecule has 5 heteroatoms. The number of halogens is 3. The van der Waals surface area contributed by atoms with Gasteiger partial charge in [-0.1, -0.05) is 0 Å². The van der Waals surface area contributed by atoms with Crippen LogP contribution >= 0.6 is 15.9 Å². The Morgan fingerprint density at radius 1 is 1.43 bits per heavy atom. The predicted octanol–water partition coefficient (Wildman–Crippen LogP) is 2.11. The van der Waals surface area contributed by atoms with E-state index < -0.39 is 23.8 Å². The molecule has 1 aromatic rings. The zero-order valence-electron chi connectivity index (χ0n) is 7.47. The summed E-state index contributed by atoms with van der Waals surface area (Å²) in [7, 11) is 0. The Bertz CT molecular complexity index is 344. The third-order valence-electron chi connectivity index (χ3n) is 1.84. The van der Waals surface area contributed by atoms with Crippen molar-refractivity contribution in [1.29, 1.82) is 0 Å². The van der Waals surface area contributed by atoms with Gasteiger partial charge in [-0.2, -0.15) is 0 Å². The van der Waals surface area contributed by atoms with Crippen molar-refractivity contribution in [2.75, 3.05) is 0 Å². The van der Waals surface area contributed by atoms with Gasteiger partial charge in [-0.3, -0.25) is 0 Å². The summed E-state index contributed by atoms with van der Waals surface area (Å²) in [5, 5.41) is 9.48. The highest BCUT2D eigenvalue weighted by molar-refractivity contribution is 9.10. The Morgan fingerprint density at radius 3 is 2.50 bits per heavy atom. The average Bonchev–Trinajstić information content (AvgIpc) is 2.09. The van der Waals surface area contributed by atoms with Gasteiger partial charge in [0, 0.05) is 11.6 Å². The SMILES string of the molecule is CC(N)C(O)c1cc(F)cc(Br)c1F. The van der Waals surface area contributed by atoms with E-state index in [9.17, 15) is 13.9 Å². The fourth-order valence-electron chi connectivity index (χ4n) is 1.07. The summed E-state index contributed by atoms with van der Waals surface area (Å²) >= 11 is 2.85. The number of hydrogen-bond acceptors (Lipinski definition) is 2. The van der Waals surface area contributed by atoms with E-state index >= 15 is 0 Å². The van der Waals surface area contributed by atoms with Crippen LogP contribution in [0.2, 0.25) is 0 Å². The highest BCUT2D eigenvalue weighted by Gasteiger charge is 2.19. The fraction of sp³-hybridized carbons (Fsp3) is 0.333. The maximum absolute atomic E-state index is 13.4. The van der Waals surface area contributed by atoms with E-state index in [0.717, 1.165) is 12.1 Å². The summed E-state index contributed by atoms with van der Waals surface area (Å²) in [5.41, 5.74) is 5.25. The van der Waals surface area contributed by atoms with Crippen molar-refractivity contribution in [1.82, 2.24) is 0 Å². The molecule has 78 valence electrons. The fourth-order valence-corrected chi connectivity index (χ4v) is 1.52. The Hall–Kier alpha value is -0.520. The maximum Gasteiger partial charge on any atom is 0.143 e. The summed E-state index contributed by atoms with van der Waals surface area (Å²) in [4.78, 5) is 0. The molecule has 0 fully saturated rings. The summed E-state index contributed by atoms with van der Waals surface area (Å²) in [5.74, 6) is -1.30. The normalized spacial score (nSPS) is 15.3. The molecule has 1 aromatic carbocycles. The van der Waals surface area contributed by atoms with E-state index in [-0.39, 0.29) is 10.0 Å². The van der Waals surface area contributed by atoms with Gasteiger partial charge < -0.3 is 10.8 Å². The molecule has 0 heterocycles. The molecule has 0 saturated carbocycles. The minimum atomic E-state index is -1.21. The van der Waals surface area contributed by atoms with E-state index in [4.69, 9.17) is 5.73 Å². The zero-order chi connectivity index (χ0) is 10.9. The first-order chi connectivity index (χ1) is 6.43. The van der Waals surface area contributed by atoms with Crippen molar-refractivity contribution in [2.45, 2.75) is 19.1 Å². The van der Waals surface area contributed by atoms with E-state index in [0.29, 0.717) is 0 Å². The van der Waals surface area contributed by atoms with Crippen LogP contribution in [0.3, 0.4) is 0 Å².